The van der Waals surface area contributed by atoms with E-state index in [9.17, 15) is 0 Å². The minimum absolute atomic E-state index is 0.00754. The molecule has 3 nitrogen and oxygen atoms in total. The van der Waals surface area contributed by atoms with Gasteiger partial charge in [0.05, 0.1) is 6.61 Å². The van der Waals surface area contributed by atoms with Gasteiger partial charge in [-0.25, -0.2) is 0 Å². The Morgan fingerprint density at radius 1 is 1.62 bits per heavy atom. The maximum atomic E-state index is 8.99. The number of rotatable bonds is 7. The van der Waals surface area contributed by atoms with Crippen molar-refractivity contribution in [2.75, 3.05) is 20.3 Å². The minimum Gasteiger partial charge on any atom is -0.396 e. The first-order chi connectivity index (χ1) is 6.17. The summed E-state index contributed by atoms with van der Waals surface area (Å²) in [4.78, 5) is 0. The highest BCUT2D eigenvalue weighted by Crippen LogP contribution is 2.14. The van der Waals surface area contributed by atoms with Crippen molar-refractivity contribution in [3.8, 4) is 0 Å². The van der Waals surface area contributed by atoms with E-state index in [1.54, 1.807) is 13.2 Å². The molecule has 0 aliphatic heterocycles. The van der Waals surface area contributed by atoms with Gasteiger partial charge < -0.3 is 15.6 Å². The third-order valence-corrected chi connectivity index (χ3v) is 2.44. The Bertz CT molecular complexity index is 139. The van der Waals surface area contributed by atoms with E-state index in [0.717, 1.165) is 6.42 Å². The molecule has 3 N–H and O–H groups in total. The van der Waals surface area contributed by atoms with E-state index in [4.69, 9.17) is 15.6 Å². The summed E-state index contributed by atoms with van der Waals surface area (Å²) in [5.74, 6) is 0.335. The van der Waals surface area contributed by atoms with Gasteiger partial charge in [-0.15, -0.1) is 6.58 Å². The molecular weight excluding hydrogens is 166 g/mol. The summed E-state index contributed by atoms with van der Waals surface area (Å²) in [5.41, 5.74) is 5.94. The summed E-state index contributed by atoms with van der Waals surface area (Å²) in [6.07, 6.45) is 2.63. The van der Waals surface area contributed by atoms with Gasteiger partial charge >= 0.3 is 0 Å². The molecule has 0 heterocycles. The highest BCUT2D eigenvalue weighted by Gasteiger charge is 2.19. The molecule has 3 unspecified atom stereocenters. The van der Waals surface area contributed by atoms with Crippen LogP contribution in [-0.4, -0.2) is 31.5 Å². The van der Waals surface area contributed by atoms with Gasteiger partial charge in [-0.2, -0.15) is 0 Å². The number of ether oxygens (including phenoxy) is 1. The van der Waals surface area contributed by atoms with Gasteiger partial charge in [0, 0.05) is 25.7 Å². The molecule has 0 bridgehead atoms. The van der Waals surface area contributed by atoms with Crippen molar-refractivity contribution in [3.63, 3.8) is 0 Å². The van der Waals surface area contributed by atoms with E-state index >= 15 is 0 Å². The van der Waals surface area contributed by atoms with E-state index in [0.29, 0.717) is 12.5 Å². The zero-order valence-electron chi connectivity index (χ0n) is 8.57. The Kier molecular flexibility index (Phi) is 6.86. The maximum absolute atomic E-state index is 8.99. The lowest BCUT2D eigenvalue weighted by atomic mass is 9.89. The van der Waals surface area contributed by atoms with Gasteiger partial charge in [0.15, 0.2) is 0 Å². The van der Waals surface area contributed by atoms with Crippen LogP contribution in [0.15, 0.2) is 12.7 Å². The lowest BCUT2D eigenvalue weighted by Gasteiger charge is -2.24. The van der Waals surface area contributed by atoms with E-state index < -0.39 is 0 Å². The van der Waals surface area contributed by atoms with Crippen LogP contribution in [0.4, 0.5) is 0 Å². The smallest absolute Gasteiger partial charge is 0.0508 e. The largest absolute Gasteiger partial charge is 0.396 e. The van der Waals surface area contributed by atoms with Crippen molar-refractivity contribution in [2.24, 2.45) is 17.6 Å². The molecule has 0 radical (unpaired) electrons. The van der Waals surface area contributed by atoms with Crippen LogP contribution in [-0.2, 0) is 4.74 Å². The molecule has 3 heteroatoms. The SMILES string of the molecule is C=CC(CO)C(N)C(C)CCOC. The summed E-state index contributed by atoms with van der Waals surface area (Å²) < 4.78 is 4.97. The number of methoxy groups -OCH3 is 1. The van der Waals surface area contributed by atoms with E-state index in [-0.39, 0.29) is 18.6 Å². The maximum Gasteiger partial charge on any atom is 0.0508 e. The van der Waals surface area contributed by atoms with Gasteiger partial charge in [-0.3, -0.25) is 0 Å². The predicted molar refractivity (Wildman–Crippen MR) is 54.4 cm³/mol. The Morgan fingerprint density at radius 2 is 2.23 bits per heavy atom. The van der Waals surface area contributed by atoms with Gasteiger partial charge in [0.25, 0.3) is 0 Å². The average molecular weight is 187 g/mol. The first kappa shape index (κ1) is 12.6. The molecule has 78 valence electrons. The van der Waals surface area contributed by atoms with E-state index in [2.05, 4.69) is 13.5 Å². The second-order valence-corrected chi connectivity index (χ2v) is 3.42. The van der Waals surface area contributed by atoms with Crippen LogP contribution in [0, 0.1) is 11.8 Å². The van der Waals surface area contributed by atoms with Crippen molar-refractivity contribution in [1.29, 1.82) is 0 Å². The topological polar surface area (TPSA) is 55.5 Å². The molecule has 0 amide bonds. The molecule has 0 aliphatic carbocycles. The zero-order chi connectivity index (χ0) is 10.3. The Balaban J connectivity index is 3.90. The Labute approximate surface area is 80.6 Å². The second kappa shape index (κ2) is 7.06. The Morgan fingerprint density at radius 3 is 2.62 bits per heavy atom. The van der Waals surface area contributed by atoms with Crippen LogP contribution in [0.3, 0.4) is 0 Å². The molecule has 0 aromatic heterocycles. The number of aliphatic hydroxyl groups excluding tert-OH is 1. The minimum atomic E-state index is -0.0300. The Hall–Kier alpha value is -0.380. The highest BCUT2D eigenvalue weighted by atomic mass is 16.5. The van der Waals surface area contributed by atoms with Crippen LogP contribution in [0.2, 0.25) is 0 Å². The molecule has 0 fully saturated rings. The fourth-order valence-corrected chi connectivity index (χ4v) is 1.27. The monoisotopic (exact) mass is 187 g/mol. The molecule has 0 aliphatic rings. The van der Waals surface area contributed by atoms with Crippen molar-refractivity contribution in [3.05, 3.63) is 12.7 Å². The molecule has 0 aromatic rings. The van der Waals surface area contributed by atoms with E-state index in [1.807, 2.05) is 0 Å². The third-order valence-electron chi connectivity index (χ3n) is 2.44. The number of hydrogen-bond acceptors (Lipinski definition) is 3. The molecule has 0 saturated heterocycles. The standard InChI is InChI=1S/C10H21NO2/c1-4-9(7-12)10(11)8(2)5-6-13-3/h4,8-10,12H,1,5-7,11H2,2-3H3. The van der Waals surface area contributed by atoms with Gasteiger partial charge in [0.2, 0.25) is 0 Å². The van der Waals surface area contributed by atoms with Crippen molar-refractivity contribution in [2.45, 2.75) is 19.4 Å². The fourth-order valence-electron chi connectivity index (χ4n) is 1.27. The number of nitrogens with two attached hydrogens (primary N) is 1. The number of hydrogen-bond donors (Lipinski definition) is 2. The second-order valence-electron chi connectivity index (χ2n) is 3.42. The van der Waals surface area contributed by atoms with Crippen LogP contribution in [0.5, 0.6) is 0 Å². The van der Waals surface area contributed by atoms with Gasteiger partial charge in [-0.1, -0.05) is 13.0 Å². The van der Waals surface area contributed by atoms with Crippen LogP contribution in [0.25, 0.3) is 0 Å². The first-order valence-electron chi connectivity index (χ1n) is 4.65. The quantitative estimate of drug-likeness (QED) is 0.579. The summed E-state index contributed by atoms with van der Waals surface area (Å²) >= 11 is 0. The molecule has 0 spiro atoms. The summed E-state index contributed by atoms with van der Waals surface area (Å²) in [6, 6.07) is -0.0300. The number of aliphatic hydroxyl groups is 1. The predicted octanol–water partition coefficient (Wildman–Crippen LogP) is 0.781. The van der Waals surface area contributed by atoms with Gasteiger partial charge in [0.1, 0.15) is 0 Å². The molecule has 0 rings (SSSR count). The molecule has 13 heavy (non-hydrogen) atoms. The van der Waals surface area contributed by atoms with E-state index in [1.165, 1.54) is 0 Å². The average Bonchev–Trinajstić information content (AvgIpc) is 2.15. The lowest BCUT2D eigenvalue weighted by molar-refractivity contribution is 0.158. The highest BCUT2D eigenvalue weighted by molar-refractivity contribution is 4.89. The van der Waals surface area contributed by atoms with Crippen molar-refractivity contribution < 1.29 is 9.84 Å². The normalized spacial score (nSPS) is 17.8. The van der Waals surface area contributed by atoms with Crippen molar-refractivity contribution in [1.82, 2.24) is 0 Å². The lowest BCUT2D eigenvalue weighted by Crippen LogP contribution is -2.37. The summed E-state index contributed by atoms with van der Waals surface area (Å²) in [6.45, 7) is 6.49. The third kappa shape index (κ3) is 4.41. The van der Waals surface area contributed by atoms with Crippen LogP contribution < -0.4 is 5.73 Å². The fraction of sp³-hybridized carbons (Fsp3) is 0.800. The van der Waals surface area contributed by atoms with Gasteiger partial charge in [-0.05, 0) is 12.3 Å². The first-order valence-corrected chi connectivity index (χ1v) is 4.65. The molecule has 3 atom stereocenters. The molecular formula is C10H21NO2. The zero-order valence-corrected chi connectivity index (χ0v) is 8.57. The summed E-state index contributed by atoms with van der Waals surface area (Å²) in [7, 11) is 1.68. The molecule has 0 aromatic carbocycles. The van der Waals surface area contributed by atoms with Crippen molar-refractivity contribution >= 4 is 0 Å². The van der Waals surface area contributed by atoms with Crippen LogP contribution >= 0.6 is 0 Å². The molecule has 0 saturated carbocycles. The van der Waals surface area contributed by atoms with Crippen LogP contribution in [0.1, 0.15) is 13.3 Å². The summed E-state index contributed by atoms with van der Waals surface area (Å²) in [5, 5.41) is 8.99.